The standard InChI is InChI=1S/C21H28N4O4S/c1-21(2,3)29-20(27)24-12-10-23(11-13-24)18(26)15-30-19-22-8-9-25(19)16-6-5-7-17(14-16)28-4/h5-9,14H,10-13,15H2,1-4H3. The molecule has 1 aliphatic heterocycles. The highest BCUT2D eigenvalue weighted by molar-refractivity contribution is 7.99. The van der Waals surface area contributed by atoms with E-state index in [4.69, 9.17) is 9.47 Å². The Morgan fingerprint density at radius 1 is 1.13 bits per heavy atom. The summed E-state index contributed by atoms with van der Waals surface area (Å²) in [5.74, 6) is 1.08. The summed E-state index contributed by atoms with van der Waals surface area (Å²) >= 11 is 1.39. The third-order valence-electron chi connectivity index (χ3n) is 4.55. The molecule has 0 unspecified atom stereocenters. The number of methoxy groups -OCH3 is 1. The van der Waals surface area contributed by atoms with E-state index in [0.717, 1.165) is 16.6 Å². The molecule has 0 N–H and O–H groups in total. The zero-order chi connectivity index (χ0) is 21.7. The van der Waals surface area contributed by atoms with Gasteiger partial charge in [0, 0.05) is 44.6 Å². The summed E-state index contributed by atoms with van der Waals surface area (Å²) in [6.07, 6.45) is 3.25. The van der Waals surface area contributed by atoms with Crippen molar-refractivity contribution in [3.63, 3.8) is 0 Å². The van der Waals surface area contributed by atoms with Crippen molar-refractivity contribution >= 4 is 23.8 Å². The summed E-state index contributed by atoms with van der Waals surface area (Å²) in [6, 6.07) is 7.68. The molecule has 1 aliphatic rings. The Hall–Kier alpha value is -2.68. The predicted octanol–water partition coefficient (Wildman–Crippen LogP) is 3.05. The van der Waals surface area contributed by atoms with E-state index < -0.39 is 5.60 Å². The first-order valence-corrected chi connectivity index (χ1v) is 10.8. The summed E-state index contributed by atoms with van der Waals surface area (Å²) in [5.41, 5.74) is 0.401. The SMILES string of the molecule is COc1cccc(-n2ccnc2SCC(=O)N2CCN(C(=O)OC(C)(C)C)CC2)c1. The molecule has 0 aliphatic carbocycles. The summed E-state index contributed by atoms with van der Waals surface area (Å²) in [4.78, 5) is 32.6. The van der Waals surface area contributed by atoms with Gasteiger partial charge in [0.1, 0.15) is 11.4 Å². The summed E-state index contributed by atoms with van der Waals surface area (Å²) in [5, 5.41) is 0.740. The molecule has 1 saturated heterocycles. The molecule has 9 heteroatoms. The summed E-state index contributed by atoms with van der Waals surface area (Å²) in [7, 11) is 1.63. The third-order valence-corrected chi connectivity index (χ3v) is 5.50. The molecule has 162 valence electrons. The number of aromatic nitrogens is 2. The van der Waals surface area contributed by atoms with Crippen molar-refractivity contribution in [2.45, 2.75) is 31.5 Å². The van der Waals surface area contributed by atoms with Crippen molar-refractivity contribution in [2.24, 2.45) is 0 Å². The number of ether oxygens (including phenoxy) is 2. The van der Waals surface area contributed by atoms with Gasteiger partial charge in [0.15, 0.2) is 5.16 Å². The number of hydrogen-bond donors (Lipinski definition) is 0. The number of nitrogens with zero attached hydrogens (tertiary/aromatic N) is 4. The zero-order valence-electron chi connectivity index (χ0n) is 17.8. The van der Waals surface area contributed by atoms with Crippen LogP contribution in [0.4, 0.5) is 4.79 Å². The number of piperazine rings is 1. The second-order valence-corrected chi connectivity index (χ2v) is 8.86. The molecule has 1 fully saturated rings. The molecule has 2 aromatic rings. The Balaban J connectivity index is 1.53. The highest BCUT2D eigenvalue weighted by Crippen LogP contribution is 2.23. The largest absolute Gasteiger partial charge is 0.497 e. The number of benzene rings is 1. The quantitative estimate of drug-likeness (QED) is 0.676. The molecule has 0 radical (unpaired) electrons. The first kappa shape index (κ1) is 22.0. The first-order chi connectivity index (χ1) is 14.3. The number of rotatable bonds is 5. The maximum atomic E-state index is 12.7. The van der Waals surface area contributed by atoms with Crippen LogP contribution in [-0.4, -0.2) is 76.0 Å². The zero-order valence-corrected chi connectivity index (χ0v) is 18.6. The van der Waals surface area contributed by atoms with E-state index in [1.165, 1.54) is 11.8 Å². The average Bonchev–Trinajstić information content (AvgIpc) is 3.19. The fourth-order valence-electron chi connectivity index (χ4n) is 3.04. The van der Waals surface area contributed by atoms with Crippen molar-refractivity contribution in [3.05, 3.63) is 36.7 Å². The molecule has 2 heterocycles. The van der Waals surface area contributed by atoms with Gasteiger partial charge in [0.25, 0.3) is 0 Å². The van der Waals surface area contributed by atoms with Gasteiger partial charge >= 0.3 is 6.09 Å². The van der Waals surface area contributed by atoms with Crippen LogP contribution in [0.15, 0.2) is 41.8 Å². The van der Waals surface area contributed by atoms with Crippen molar-refractivity contribution in [3.8, 4) is 11.4 Å². The van der Waals surface area contributed by atoms with Crippen LogP contribution in [-0.2, 0) is 9.53 Å². The highest BCUT2D eigenvalue weighted by atomic mass is 32.2. The number of imidazole rings is 1. The normalized spacial score (nSPS) is 14.5. The molecule has 0 saturated carbocycles. The van der Waals surface area contributed by atoms with E-state index in [0.29, 0.717) is 26.2 Å². The number of amides is 2. The van der Waals surface area contributed by atoms with Crippen LogP contribution < -0.4 is 4.74 Å². The molecular formula is C21H28N4O4S. The fourth-order valence-corrected chi connectivity index (χ4v) is 3.91. The molecule has 30 heavy (non-hydrogen) atoms. The van der Waals surface area contributed by atoms with Gasteiger partial charge in [-0.15, -0.1) is 0 Å². The molecule has 1 aromatic heterocycles. The van der Waals surface area contributed by atoms with Crippen LogP contribution in [0, 0.1) is 0 Å². The van der Waals surface area contributed by atoms with E-state index in [9.17, 15) is 9.59 Å². The number of thioether (sulfide) groups is 1. The lowest BCUT2D eigenvalue weighted by molar-refractivity contribution is -0.130. The highest BCUT2D eigenvalue weighted by Gasteiger charge is 2.27. The lowest BCUT2D eigenvalue weighted by Crippen LogP contribution is -2.52. The molecule has 0 bridgehead atoms. The van der Waals surface area contributed by atoms with Gasteiger partial charge < -0.3 is 19.3 Å². The van der Waals surface area contributed by atoms with Crippen molar-refractivity contribution in [1.29, 1.82) is 0 Å². The van der Waals surface area contributed by atoms with Crippen LogP contribution >= 0.6 is 11.8 Å². The molecule has 0 atom stereocenters. The smallest absolute Gasteiger partial charge is 0.410 e. The van der Waals surface area contributed by atoms with Crippen LogP contribution in [0.25, 0.3) is 5.69 Å². The Kier molecular flexibility index (Phi) is 6.91. The van der Waals surface area contributed by atoms with Crippen LogP contribution in [0.5, 0.6) is 5.75 Å². The van der Waals surface area contributed by atoms with Gasteiger partial charge in [-0.2, -0.15) is 0 Å². The van der Waals surface area contributed by atoms with Gasteiger partial charge in [-0.1, -0.05) is 17.8 Å². The van der Waals surface area contributed by atoms with Crippen LogP contribution in [0.2, 0.25) is 0 Å². The van der Waals surface area contributed by atoms with E-state index in [1.807, 2.05) is 55.8 Å². The van der Waals surface area contributed by atoms with Crippen molar-refractivity contribution in [1.82, 2.24) is 19.4 Å². The number of carbonyl (C=O) groups excluding carboxylic acids is 2. The fraction of sp³-hybridized carbons (Fsp3) is 0.476. The molecule has 3 rings (SSSR count). The number of hydrogen-bond acceptors (Lipinski definition) is 6. The van der Waals surface area contributed by atoms with E-state index in [1.54, 1.807) is 23.1 Å². The Bertz CT molecular complexity index is 885. The number of carbonyl (C=O) groups is 2. The monoisotopic (exact) mass is 432 g/mol. The summed E-state index contributed by atoms with van der Waals surface area (Å²) < 4.78 is 12.6. The minimum atomic E-state index is -0.522. The van der Waals surface area contributed by atoms with Gasteiger partial charge in [-0.3, -0.25) is 9.36 Å². The third kappa shape index (κ3) is 5.69. The Labute approximate surface area is 181 Å². The lowest BCUT2D eigenvalue weighted by atomic mass is 10.2. The topological polar surface area (TPSA) is 76.9 Å². The predicted molar refractivity (Wildman–Crippen MR) is 115 cm³/mol. The Morgan fingerprint density at radius 2 is 1.83 bits per heavy atom. The molecular weight excluding hydrogens is 404 g/mol. The maximum absolute atomic E-state index is 12.7. The second kappa shape index (κ2) is 9.42. The van der Waals surface area contributed by atoms with Gasteiger partial charge in [-0.05, 0) is 32.9 Å². The average molecular weight is 433 g/mol. The molecule has 0 spiro atoms. The first-order valence-electron chi connectivity index (χ1n) is 9.83. The van der Waals surface area contributed by atoms with Gasteiger partial charge in [0.05, 0.1) is 18.6 Å². The molecule has 1 aromatic carbocycles. The maximum Gasteiger partial charge on any atom is 0.410 e. The van der Waals surface area contributed by atoms with E-state index in [-0.39, 0.29) is 17.8 Å². The minimum Gasteiger partial charge on any atom is -0.497 e. The summed E-state index contributed by atoms with van der Waals surface area (Å²) in [6.45, 7) is 7.49. The second-order valence-electron chi connectivity index (χ2n) is 7.92. The van der Waals surface area contributed by atoms with Gasteiger partial charge in [-0.25, -0.2) is 9.78 Å². The minimum absolute atomic E-state index is 0.0315. The lowest BCUT2D eigenvalue weighted by Gasteiger charge is -2.35. The van der Waals surface area contributed by atoms with Gasteiger partial charge in [0.2, 0.25) is 5.91 Å². The molecule has 2 amide bonds. The van der Waals surface area contributed by atoms with Crippen molar-refractivity contribution in [2.75, 3.05) is 39.0 Å². The van der Waals surface area contributed by atoms with Crippen LogP contribution in [0.1, 0.15) is 20.8 Å². The van der Waals surface area contributed by atoms with E-state index >= 15 is 0 Å². The Morgan fingerprint density at radius 3 is 2.50 bits per heavy atom. The van der Waals surface area contributed by atoms with E-state index in [2.05, 4.69) is 4.98 Å². The van der Waals surface area contributed by atoms with Crippen LogP contribution in [0.3, 0.4) is 0 Å². The molecule has 8 nitrogen and oxygen atoms in total. The van der Waals surface area contributed by atoms with Crippen molar-refractivity contribution < 1.29 is 19.1 Å².